The summed E-state index contributed by atoms with van der Waals surface area (Å²) >= 11 is 0. The number of ether oxygens (including phenoxy) is 1. The van der Waals surface area contributed by atoms with E-state index in [0.29, 0.717) is 0 Å². The van der Waals surface area contributed by atoms with Crippen molar-refractivity contribution in [3.8, 4) is 0 Å². The minimum absolute atomic E-state index is 0.0700. The zero-order valence-corrected chi connectivity index (χ0v) is 4.72. The topological polar surface area (TPSA) is 79.3 Å². The summed E-state index contributed by atoms with van der Waals surface area (Å²) in [6.07, 6.45) is -0.844. The van der Waals surface area contributed by atoms with Crippen LogP contribution in [0, 0.1) is 5.41 Å². The molecule has 4 nitrogen and oxygen atoms in total. The predicted molar refractivity (Wildman–Crippen MR) is 29.5 cm³/mol. The molecule has 8 heavy (non-hydrogen) atoms. The highest BCUT2D eigenvalue weighted by Crippen LogP contribution is 1.88. The number of nitrogens with one attached hydrogen (secondary N) is 1. The van der Waals surface area contributed by atoms with Crippen molar-refractivity contribution in [2.75, 3.05) is 7.11 Å². The lowest BCUT2D eigenvalue weighted by Crippen LogP contribution is -2.20. The standard InChI is InChI=1S/C4H10N2O2/c1-8-4(7)2-3(5)6/h4,7H,2H2,1H3,(H3,5,6). The first-order valence-corrected chi connectivity index (χ1v) is 2.20. The van der Waals surface area contributed by atoms with E-state index in [4.69, 9.17) is 16.2 Å². The lowest BCUT2D eigenvalue weighted by atomic mass is 10.4. The zero-order chi connectivity index (χ0) is 6.57. The Kier molecular flexibility index (Phi) is 3.14. The number of rotatable bonds is 3. The van der Waals surface area contributed by atoms with Crippen molar-refractivity contribution in [1.29, 1.82) is 5.41 Å². The number of hydrogen-bond acceptors (Lipinski definition) is 3. The Bertz CT molecular complexity index is 84.1. The molecule has 48 valence electrons. The zero-order valence-electron chi connectivity index (χ0n) is 4.72. The summed E-state index contributed by atoms with van der Waals surface area (Å²) < 4.78 is 4.40. The van der Waals surface area contributed by atoms with Crippen LogP contribution in [0.5, 0.6) is 0 Å². The van der Waals surface area contributed by atoms with Crippen molar-refractivity contribution in [2.24, 2.45) is 5.73 Å². The number of methoxy groups -OCH3 is 1. The van der Waals surface area contributed by atoms with Crippen molar-refractivity contribution in [2.45, 2.75) is 12.7 Å². The Labute approximate surface area is 47.8 Å². The minimum Gasteiger partial charge on any atom is -0.388 e. The van der Waals surface area contributed by atoms with Gasteiger partial charge < -0.3 is 15.6 Å². The van der Waals surface area contributed by atoms with Gasteiger partial charge in [0, 0.05) is 7.11 Å². The largest absolute Gasteiger partial charge is 0.388 e. The summed E-state index contributed by atoms with van der Waals surface area (Å²) in [5.41, 5.74) is 4.91. The molecule has 0 aromatic rings. The quantitative estimate of drug-likeness (QED) is 0.260. The Hall–Kier alpha value is -0.610. The summed E-state index contributed by atoms with van der Waals surface area (Å²) in [4.78, 5) is 0. The lowest BCUT2D eigenvalue weighted by molar-refractivity contribution is -0.0673. The maximum atomic E-state index is 8.59. The molecule has 0 radical (unpaired) electrons. The fourth-order valence-electron chi connectivity index (χ4n) is 0.271. The Balaban J connectivity index is 3.24. The maximum absolute atomic E-state index is 8.59. The molecule has 0 fully saturated rings. The molecule has 1 atom stereocenters. The molecule has 0 saturated carbocycles. The summed E-state index contributed by atoms with van der Waals surface area (Å²) in [6.45, 7) is 0. The van der Waals surface area contributed by atoms with Gasteiger partial charge in [-0.3, -0.25) is 5.41 Å². The van der Waals surface area contributed by atoms with E-state index in [1.165, 1.54) is 7.11 Å². The third kappa shape index (κ3) is 3.58. The van der Waals surface area contributed by atoms with Crippen molar-refractivity contribution in [3.05, 3.63) is 0 Å². The van der Waals surface area contributed by atoms with E-state index in [1.54, 1.807) is 0 Å². The third-order valence-electron chi connectivity index (χ3n) is 0.667. The van der Waals surface area contributed by atoms with Crippen LogP contribution in [0.4, 0.5) is 0 Å². The number of aliphatic hydroxyl groups is 1. The molecule has 0 bridgehead atoms. The lowest BCUT2D eigenvalue weighted by Gasteiger charge is -2.04. The normalized spacial score (nSPS) is 13.2. The molecule has 0 amide bonds. The van der Waals surface area contributed by atoms with E-state index in [-0.39, 0.29) is 12.3 Å². The van der Waals surface area contributed by atoms with Crippen LogP contribution in [0.15, 0.2) is 0 Å². The van der Waals surface area contributed by atoms with Gasteiger partial charge in [-0.15, -0.1) is 0 Å². The summed E-state index contributed by atoms with van der Waals surface area (Å²) in [5.74, 6) is -0.0700. The molecule has 0 aliphatic rings. The first-order valence-electron chi connectivity index (χ1n) is 2.20. The van der Waals surface area contributed by atoms with Gasteiger partial charge in [0.2, 0.25) is 0 Å². The van der Waals surface area contributed by atoms with Gasteiger partial charge in [-0.05, 0) is 0 Å². The average molecular weight is 118 g/mol. The SMILES string of the molecule is COC(O)CC(=N)N. The molecule has 0 aromatic heterocycles. The Morgan fingerprint density at radius 1 is 2.00 bits per heavy atom. The molecule has 0 aliphatic heterocycles. The van der Waals surface area contributed by atoms with E-state index in [1.807, 2.05) is 0 Å². The second-order valence-corrected chi connectivity index (χ2v) is 1.42. The molecule has 0 heterocycles. The summed E-state index contributed by atoms with van der Waals surface area (Å²) in [5, 5.41) is 15.3. The fourth-order valence-corrected chi connectivity index (χ4v) is 0.271. The highest BCUT2D eigenvalue weighted by molar-refractivity contribution is 5.77. The van der Waals surface area contributed by atoms with Gasteiger partial charge in [-0.2, -0.15) is 0 Å². The van der Waals surface area contributed by atoms with Gasteiger partial charge >= 0.3 is 0 Å². The number of aliphatic hydroxyl groups excluding tert-OH is 1. The number of nitrogens with two attached hydrogens (primary N) is 1. The van der Waals surface area contributed by atoms with E-state index < -0.39 is 6.29 Å². The molecule has 0 aromatic carbocycles. The predicted octanol–water partition coefficient (Wildman–Crippen LogP) is -0.723. The summed E-state index contributed by atoms with van der Waals surface area (Å²) in [7, 11) is 1.35. The Morgan fingerprint density at radius 3 is 2.62 bits per heavy atom. The number of hydrogen-bond donors (Lipinski definition) is 3. The second-order valence-electron chi connectivity index (χ2n) is 1.42. The van der Waals surface area contributed by atoms with E-state index in [9.17, 15) is 0 Å². The molecular weight excluding hydrogens is 108 g/mol. The van der Waals surface area contributed by atoms with Crippen molar-refractivity contribution >= 4 is 5.84 Å². The van der Waals surface area contributed by atoms with Crippen LogP contribution in [-0.4, -0.2) is 24.3 Å². The molecule has 0 spiro atoms. The van der Waals surface area contributed by atoms with Gasteiger partial charge in [-0.25, -0.2) is 0 Å². The van der Waals surface area contributed by atoms with Crippen molar-refractivity contribution < 1.29 is 9.84 Å². The van der Waals surface area contributed by atoms with E-state index in [2.05, 4.69) is 4.74 Å². The van der Waals surface area contributed by atoms with Gasteiger partial charge in [0.25, 0.3) is 0 Å². The van der Waals surface area contributed by atoms with Crippen LogP contribution in [0.1, 0.15) is 6.42 Å². The van der Waals surface area contributed by atoms with Crippen LogP contribution in [-0.2, 0) is 4.74 Å². The molecule has 1 unspecified atom stereocenters. The maximum Gasteiger partial charge on any atom is 0.161 e. The van der Waals surface area contributed by atoms with Crippen molar-refractivity contribution in [1.82, 2.24) is 0 Å². The first-order chi connectivity index (χ1) is 3.66. The van der Waals surface area contributed by atoms with E-state index >= 15 is 0 Å². The molecule has 0 saturated heterocycles. The van der Waals surface area contributed by atoms with Gasteiger partial charge in [0.1, 0.15) is 0 Å². The highest BCUT2D eigenvalue weighted by Gasteiger charge is 2.00. The van der Waals surface area contributed by atoms with Crippen LogP contribution >= 0.6 is 0 Å². The van der Waals surface area contributed by atoms with Crippen LogP contribution in [0.3, 0.4) is 0 Å². The molecule has 0 aliphatic carbocycles. The van der Waals surface area contributed by atoms with Crippen molar-refractivity contribution in [3.63, 3.8) is 0 Å². The minimum atomic E-state index is -0.924. The molecule has 4 heteroatoms. The molecular formula is C4H10N2O2. The van der Waals surface area contributed by atoms with Gasteiger partial charge in [-0.1, -0.05) is 0 Å². The van der Waals surface area contributed by atoms with Crippen LogP contribution < -0.4 is 5.73 Å². The average Bonchev–Trinajstić information content (AvgIpc) is 1.65. The Morgan fingerprint density at radius 2 is 2.50 bits per heavy atom. The fraction of sp³-hybridized carbons (Fsp3) is 0.750. The highest BCUT2D eigenvalue weighted by atomic mass is 16.6. The first kappa shape index (κ1) is 7.39. The molecule has 0 rings (SSSR count). The second kappa shape index (κ2) is 3.40. The molecule has 4 N–H and O–H groups in total. The van der Waals surface area contributed by atoms with Gasteiger partial charge in [0.15, 0.2) is 6.29 Å². The number of amidine groups is 1. The third-order valence-corrected chi connectivity index (χ3v) is 0.667. The van der Waals surface area contributed by atoms with Crippen LogP contribution in [0.2, 0.25) is 0 Å². The summed E-state index contributed by atoms with van der Waals surface area (Å²) in [6, 6.07) is 0. The smallest absolute Gasteiger partial charge is 0.161 e. The van der Waals surface area contributed by atoms with E-state index in [0.717, 1.165) is 0 Å². The van der Waals surface area contributed by atoms with Gasteiger partial charge in [0.05, 0.1) is 12.3 Å². The monoisotopic (exact) mass is 118 g/mol. The van der Waals surface area contributed by atoms with Crippen LogP contribution in [0.25, 0.3) is 0 Å².